The maximum atomic E-state index is 12.6. The van der Waals surface area contributed by atoms with Gasteiger partial charge in [0.05, 0.1) is 29.3 Å². The number of para-hydroxylation sites is 1. The Balaban J connectivity index is 1.59. The van der Waals surface area contributed by atoms with E-state index < -0.39 is 10.0 Å². The Morgan fingerprint density at radius 2 is 1.96 bits per heavy atom. The van der Waals surface area contributed by atoms with Crippen LogP contribution >= 0.6 is 0 Å². The SMILES string of the molecule is CS(=O)(=O)N1CCc2cc(C(=O)Nc3cnc4ccccc4c3)ccc21. The van der Waals surface area contributed by atoms with Crippen LogP contribution in [0.4, 0.5) is 11.4 Å². The molecule has 1 aliphatic heterocycles. The van der Waals surface area contributed by atoms with Crippen molar-refractivity contribution in [3.05, 3.63) is 65.9 Å². The molecule has 7 heteroatoms. The first-order valence-electron chi connectivity index (χ1n) is 8.18. The molecule has 26 heavy (non-hydrogen) atoms. The van der Waals surface area contributed by atoms with Gasteiger partial charge in [-0.2, -0.15) is 0 Å². The maximum absolute atomic E-state index is 12.6. The lowest BCUT2D eigenvalue weighted by molar-refractivity contribution is 0.102. The smallest absolute Gasteiger partial charge is 0.255 e. The number of rotatable bonds is 3. The minimum Gasteiger partial charge on any atom is -0.321 e. The van der Waals surface area contributed by atoms with Gasteiger partial charge in [0.2, 0.25) is 10.0 Å². The number of nitrogens with one attached hydrogen (secondary N) is 1. The van der Waals surface area contributed by atoms with E-state index in [1.807, 2.05) is 30.3 Å². The standard InChI is InChI=1S/C19H17N3O3S/c1-26(24,25)22-9-8-14-10-15(6-7-18(14)22)19(23)21-16-11-13-4-2-3-5-17(13)20-12-16/h2-7,10-12H,8-9H2,1H3,(H,21,23). The quantitative estimate of drug-likeness (QED) is 0.772. The molecule has 2 aromatic carbocycles. The first-order chi connectivity index (χ1) is 12.4. The first-order valence-corrected chi connectivity index (χ1v) is 10.0. The van der Waals surface area contributed by atoms with Gasteiger partial charge >= 0.3 is 0 Å². The lowest BCUT2D eigenvalue weighted by atomic mass is 10.1. The van der Waals surface area contributed by atoms with Crippen molar-refractivity contribution in [2.24, 2.45) is 0 Å². The molecule has 4 rings (SSSR count). The van der Waals surface area contributed by atoms with Gasteiger partial charge in [0.15, 0.2) is 0 Å². The summed E-state index contributed by atoms with van der Waals surface area (Å²) in [5, 5.41) is 3.80. The Morgan fingerprint density at radius 1 is 1.15 bits per heavy atom. The molecule has 0 atom stereocenters. The van der Waals surface area contributed by atoms with Gasteiger partial charge in [0.1, 0.15) is 0 Å². The largest absolute Gasteiger partial charge is 0.321 e. The number of aromatic nitrogens is 1. The van der Waals surface area contributed by atoms with Gasteiger partial charge in [-0.1, -0.05) is 18.2 Å². The monoisotopic (exact) mass is 367 g/mol. The van der Waals surface area contributed by atoms with Gasteiger partial charge in [-0.3, -0.25) is 14.1 Å². The zero-order valence-electron chi connectivity index (χ0n) is 14.1. The number of pyridine rings is 1. The Labute approximate surface area is 151 Å². The fourth-order valence-corrected chi connectivity index (χ4v) is 4.16. The number of fused-ring (bicyclic) bond motifs is 2. The third-order valence-corrected chi connectivity index (χ3v) is 5.62. The third kappa shape index (κ3) is 3.01. The van der Waals surface area contributed by atoms with E-state index in [2.05, 4.69) is 10.3 Å². The van der Waals surface area contributed by atoms with E-state index in [0.717, 1.165) is 16.5 Å². The summed E-state index contributed by atoms with van der Waals surface area (Å²) in [7, 11) is -3.29. The van der Waals surface area contributed by atoms with Gasteiger partial charge in [-0.05, 0) is 42.3 Å². The minimum absolute atomic E-state index is 0.248. The number of carbonyl (C=O) groups is 1. The number of hydrogen-bond acceptors (Lipinski definition) is 4. The molecule has 3 aromatic rings. The zero-order valence-corrected chi connectivity index (χ0v) is 15.0. The average Bonchev–Trinajstić information content (AvgIpc) is 3.05. The minimum atomic E-state index is -3.29. The maximum Gasteiger partial charge on any atom is 0.255 e. The molecule has 6 nitrogen and oxygen atoms in total. The number of carbonyl (C=O) groups excluding carboxylic acids is 1. The van der Waals surface area contributed by atoms with Gasteiger partial charge < -0.3 is 5.32 Å². The van der Waals surface area contributed by atoms with Gasteiger partial charge in [0, 0.05) is 17.5 Å². The summed E-state index contributed by atoms with van der Waals surface area (Å²) in [6.07, 6.45) is 3.41. The molecule has 1 aliphatic rings. The van der Waals surface area contributed by atoms with Crippen LogP contribution in [-0.4, -0.2) is 32.1 Å². The molecule has 2 heterocycles. The Kier molecular flexibility index (Phi) is 3.88. The topological polar surface area (TPSA) is 79.4 Å². The second-order valence-corrected chi connectivity index (χ2v) is 8.21. The number of anilines is 2. The van der Waals surface area contributed by atoms with Crippen LogP contribution in [0.3, 0.4) is 0 Å². The first kappa shape index (κ1) is 16.5. The number of benzene rings is 2. The van der Waals surface area contributed by atoms with E-state index in [-0.39, 0.29) is 5.91 Å². The Bertz CT molecular complexity index is 1130. The molecular weight excluding hydrogens is 350 g/mol. The van der Waals surface area contributed by atoms with E-state index >= 15 is 0 Å². The molecule has 132 valence electrons. The van der Waals surface area contributed by atoms with Crippen molar-refractivity contribution in [2.75, 3.05) is 22.4 Å². The van der Waals surface area contributed by atoms with Crippen LogP contribution < -0.4 is 9.62 Å². The van der Waals surface area contributed by atoms with Crippen LogP contribution in [-0.2, 0) is 16.4 Å². The van der Waals surface area contributed by atoms with Crippen LogP contribution in [0.1, 0.15) is 15.9 Å². The van der Waals surface area contributed by atoms with Crippen LogP contribution in [0.15, 0.2) is 54.7 Å². The molecular formula is C19H17N3O3S. The van der Waals surface area contributed by atoms with E-state index in [4.69, 9.17) is 0 Å². The highest BCUT2D eigenvalue weighted by molar-refractivity contribution is 7.92. The molecule has 0 aliphatic carbocycles. The lowest BCUT2D eigenvalue weighted by Crippen LogP contribution is -2.27. The second kappa shape index (κ2) is 6.10. The summed E-state index contributed by atoms with van der Waals surface area (Å²) in [6.45, 7) is 0.411. The van der Waals surface area contributed by atoms with Gasteiger partial charge in [-0.25, -0.2) is 8.42 Å². The molecule has 0 radical (unpaired) electrons. The molecule has 0 bridgehead atoms. The molecule has 1 aromatic heterocycles. The molecule has 0 saturated heterocycles. The van der Waals surface area contributed by atoms with Crippen LogP contribution in [0.2, 0.25) is 0 Å². The molecule has 1 N–H and O–H groups in total. The van der Waals surface area contributed by atoms with E-state index in [1.54, 1.807) is 24.4 Å². The Hall–Kier alpha value is -2.93. The highest BCUT2D eigenvalue weighted by Crippen LogP contribution is 2.31. The van der Waals surface area contributed by atoms with E-state index in [1.165, 1.54) is 10.6 Å². The van der Waals surface area contributed by atoms with Crippen molar-refractivity contribution in [1.82, 2.24) is 4.98 Å². The molecule has 1 amide bonds. The van der Waals surface area contributed by atoms with E-state index in [0.29, 0.717) is 29.9 Å². The predicted molar refractivity (Wildman–Crippen MR) is 102 cm³/mol. The lowest BCUT2D eigenvalue weighted by Gasteiger charge is -2.16. The van der Waals surface area contributed by atoms with Crippen molar-refractivity contribution < 1.29 is 13.2 Å². The van der Waals surface area contributed by atoms with E-state index in [9.17, 15) is 13.2 Å². The van der Waals surface area contributed by atoms with Gasteiger partial charge in [0.25, 0.3) is 5.91 Å². The van der Waals surface area contributed by atoms with Crippen molar-refractivity contribution in [3.63, 3.8) is 0 Å². The molecule has 0 saturated carbocycles. The summed E-state index contributed by atoms with van der Waals surface area (Å²) in [4.78, 5) is 16.9. The summed E-state index contributed by atoms with van der Waals surface area (Å²) in [5.41, 5.74) is 3.49. The second-order valence-electron chi connectivity index (χ2n) is 6.30. The Morgan fingerprint density at radius 3 is 2.77 bits per heavy atom. The normalized spacial score (nSPS) is 13.7. The summed E-state index contributed by atoms with van der Waals surface area (Å²) < 4.78 is 25.0. The van der Waals surface area contributed by atoms with Crippen LogP contribution in [0, 0.1) is 0 Å². The summed E-state index contributed by atoms with van der Waals surface area (Å²) >= 11 is 0. The molecule has 0 spiro atoms. The third-order valence-electron chi connectivity index (χ3n) is 4.44. The van der Waals surface area contributed by atoms with Crippen molar-refractivity contribution >= 4 is 38.2 Å². The highest BCUT2D eigenvalue weighted by atomic mass is 32.2. The summed E-state index contributed by atoms with van der Waals surface area (Å²) in [5.74, 6) is -0.248. The molecule has 0 unspecified atom stereocenters. The fourth-order valence-electron chi connectivity index (χ4n) is 3.20. The summed E-state index contributed by atoms with van der Waals surface area (Å²) in [6, 6.07) is 14.6. The van der Waals surface area contributed by atoms with Crippen LogP contribution in [0.5, 0.6) is 0 Å². The average molecular weight is 367 g/mol. The zero-order chi connectivity index (χ0) is 18.3. The van der Waals surface area contributed by atoms with Crippen molar-refractivity contribution in [3.8, 4) is 0 Å². The van der Waals surface area contributed by atoms with Crippen molar-refractivity contribution in [2.45, 2.75) is 6.42 Å². The van der Waals surface area contributed by atoms with Crippen molar-refractivity contribution in [1.29, 1.82) is 0 Å². The predicted octanol–water partition coefficient (Wildman–Crippen LogP) is 2.81. The number of sulfonamides is 1. The molecule has 0 fully saturated rings. The number of amides is 1. The highest BCUT2D eigenvalue weighted by Gasteiger charge is 2.26. The number of hydrogen-bond donors (Lipinski definition) is 1. The van der Waals surface area contributed by atoms with Gasteiger partial charge in [-0.15, -0.1) is 0 Å². The number of nitrogens with zero attached hydrogens (tertiary/aromatic N) is 2. The fraction of sp³-hybridized carbons (Fsp3) is 0.158. The van der Waals surface area contributed by atoms with Crippen LogP contribution in [0.25, 0.3) is 10.9 Å².